The summed E-state index contributed by atoms with van der Waals surface area (Å²) in [5.41, 5.74) is -0.102. The maximum Gasteiger partial charge on any atom is 0.416 e. The average molecular weight is 445 g/mol. The van der Waals surface area contributed by atoms with Crippen molar-refractivity contribution in [1.29, 1.82) is 0 Å². The number of aliphatic hydroxyl groups is 2. The Balaban J connectivity index is 1.57. The Morgan fingerprint density at radius 3 is 2.37 bits per heavy atom. The number of aromatic nitrogens is 1. The number of rotatable bonds is 4. The van der Waals surface area contributed by atoms with E-state index in [2.05, 4.69) is 10.3 Å². The minimum Gasteiger partial charge on any atom is -0.393 e. The zero-order chi connectivity index (χ0) is 21.9. The van der Waals surface area contributed by atoms with Crippen LogP contribution in [0.1, 0.15) is 17.2 Å². The molecule has 3 N–H and O–H groups in total. The van der Waals surface area contributed by atoms with Gasteiger partial charge >= 0.3 is 12.2 Å². The maximum atomic E-state index is 12.6. The number of hydrogen-bond donors (Lipinski definition) is 3. The number of hydrogen-bond acceptors (Lipinski definition) is 5. The average Bonchev–Trinajstić information content (AvgIpc) is 2.73. The standard InChI is InChI=1S/C19H20ClF3N4O3/c20-15-9-12(16(29)11-28)10-24-17(15)26-5-7-27(8-6-26)18(30)25-14-3-1-13(2-4-14)19(21,22)23/h1-4,9-10,16,28-29H,5-8,11H2,(H,25,30). The van der Waals surface area contributed by atoms with Gasteiger partial charge in [-0.2, -0.15) is 13.2 Å². The maximum absolute atomic E-state index is 12.6. The Morgan fingerprint density at radius 1 is 1.20 bits per heavy atom. The molecule has 1 aromatic heterocycles. The molecule has 2 amide bonds. The van der Waals surface area contributed by atoms with Crippen molar-refractivity contribution in [2.24, 2.45) is 0 Å². The predicted octanol–water partition coefficient (Wildman–Crippen LogP) is 3.13. The number of urea groups is 1. The minimum atomic E-state index is -4.43. The SMILES string of the molecule is O=C(Nc1ccc(C(F)(F)F)cc1)N1CCN(c2ncc(C(O)CO)cc2Cl)CC1. The smallest absolute Gasteiger partial charge is 0.393 e. The Morgan fingerprint density at radius 2 is 1.83 bits per heavy atom. The normalized spacial score (nSPS) is 15.8. The zero-order valence-corrected chi connectivity index (χ0v) is 16.5. The Kier molecular flexibility index (Phi) is 6.69. The molecule has 1 unspecified atom stereocenters. The number of benzene rings is 1. The molecule has 162 valence electrons. The highest BCUT2D eigenvalue weighted by Crippen LogP contribution is 2.30. The number of amides is 2. The molecule has 0 spiro atoms. The van der Waals surface area contributed by atoms with E-state index in [0.717, 1.165) is 12.1 Å². The van der Waals surface area contributed by atoms with Crippen LogP contribution in [0.3, 0.4) is 0 Å². The number of alkyl halides is 3. The fourth-order valence-corrected chi connectivity index (χ4v) is 3.33. The summed E-state index contributed by atoms with van der Waals surface area (Å²) in [4.78, 5) is 20.1. The van der Waals surface area contributed by atoms with E-state index >= 15 is 0 Å². The molecule has 0 radical (unpaired) electrons. The van der Waals surface area contributed by atoms with Crippen molar-refractivity contribution in [3.05, 3.63) is 52.7 Å². The van der Waals surface area contributed by atoms with Gasteiger partial charge in [-0.05, 0) is 30.3 Å². The Hall–Kier alpha value is -2.56. The summed E-state index contributed by atoms with van der Waals surface area (Å²) >= 11 is 6.24. The molecule has 0 saturated carbocycles. The van der Waals surface area contributed by atoms with Crippen LogP contribution in [-0.4, -0.2) is 58.9 Å². The van der Waals surface area contributed by atoms with Gasteiger partial charge in [-0.1, -0.05) is 11.6 Å². The number of pyridine rings is 1. The number of anilines is 2. The first kappa shape index (κ1) is 22.1. The van der Waals surface area contributed by atoms with Gasteiger partial charge in [-0.15, -0.1) is 0 Å². The molecular weight excluding hydrogens is 425 g/mol. The third-order valence-electron chi connectivity index (χ3n) is 4.73. The van der Waals surface area contributed by atoms with Crippen LogP contribution in [0, 0.1) is 0 Å². The second-order valence-corrected chi connectivity index (χ2v) is 7.16. The minimum absolute atomic E-state index is 0.276. The molecule has 2 heterocycles. The number of carbonyl (C=O) groups is 1. The predicted molar refractivity (Wildman–Crippen MR) is 106 cm³/mol. The van der Waals surface area contributed by atoms with E-state index in [4.69, 9.17) is 16.7 Å². The highest BCUT2D eigenvalue weighted by molar-refractivity contribution is 6.33. The largest absolute Gasteiger partial charge is 0.416 e. The summed E-state index contributed by atoms with van der Waals surface area (Å²) in [5.74, 6) is 0.508. The number of piperazine rings is 1. The molecule has 1 aliphatic heterocycles. The molecule has 2 aromatic rings. The van der Waals surface area contributed by atoms with E-state index in [0.29, 0.717) is 42.6 Å². The quantitative estimate of drug-likeness (QED) is 0.674. The summed E-state index contributed by atoms with van der Waals surface area (Å²) in [6.07, 6.45) is -4.05. The Labute approximate surface area is 175 Å². The molecule has 0 aliphatic carbocycles. The van der Waals surface area contributed by atoms with Crippen LogP contribution in [0.15, 0.2) is 36.5 Å². The van der Waals surface area contributed by atoms with Gasteiger partial charge in [0.1, 0.15) is 11.9 Å². The zero-order valence-electron chi connectivity index (χ0n) is 15.7. The second kappa shape index (κ2) is 9.07. The van der Waals surface area contributed by atoms with E-state index in [1.807, 2.05) is 4.90 Å². The van der Waals surface area contributed by atoms with Gasteiger partial charge in [0.2, 0.25) is 0 Å². The van der Waals surface area contributed by atoms with Gasteiger partial charge in [-0.25, -0.2) is 9.78 Å². The van der Waals surface area contributed by atoms with Crippen molar-refractivity contribution in [2.75, 3.05) is 43.0 Å². The number of halogens is 4. The first-order chi connectivity index (χ1) is 14.2. The fraction of sp³-hybridized carbons (Fsp3) is 0.368. The van der Waals surface area contributed by atoms with Crippen LogP contribution in [0.2, 0.25) is 5.02 Å². The van der Waals surface area contributed by atoms with Crippen LogP contribution in [0.25, 0.3) is 0 Å². The highest BCUT2D eigenvalue weighted by Gasteiger charge is 2.30. The molecule has 7 nitrogen and oxygen atoms in total. The van der Waals surface area contributed by atoms with E-state index < -0.39 is 30.5 Å². The van der Waals surface area contributed by atoms with Gasteiger partial charge < -0.3 is 25.3 Å². The van der Waals surface area contributed by atoms with E-state index in [9.17, 15) is 23.1 Å². The molecule has 3 rings (SSSR count). The third-order valence-corrected chi connectivity index (χ3v) is 5.01. The number of nitrogens with zero attached hydrogens (tertiary/aromatic N) is 3. The number of nitrogens with one attached hydrogen (secondary N) is 1. The van der Waals surface area contributed by atoms with E-state index in [-0.39, 0.29) is 5.69 Å². The highest BCUT2D eigenvalue weighted by atomic mass is 35.5. The van der Waals surface area contributed by atoms with Crippen LogP contribution in [0.4, 0.5) is 29.5 Å². The lowest BCUT2D eigenvalue weighted by Gasteiger charge is -2.35. The van der Waals surface area contributed by atoms with Crippen LogP contribution in [0.5, 0.6) is 0 Å². The Bertz CT molecular complexity index is 888. The first-order valence-corrected chi connectivity index (χ1v) is 9.49. The molecule has 30 heavy (non-hydrogen) atoms. The number of carbonyl (C=O) groups excluding carboxylic acids is 1. The van der Waals surface area contributed by atoms with Crippen molar-refractivity contribution >= 4 is 29.1 Å². The molecule has 1 saturated heterocycles. The van der Waals surface area contributed by atoms with Gasteiger partial charge in [0.05, 0.1) is 17.2 Å². The van der Waals surface area contributed by atoms with E-state index in [1.165, 1.54) is 24.4 Å². The van der Waals surface area contributed by atoms with Crippen molar-refractivity contribution in [3.63, 3.8) is 0 Å². The number of aliphatic hydroxyl groups excluding tert-OH is 2. The van der Waals surface area contributed by atoms with Crippen LogP contribution < -0.4 is 10.2 Å². The third kappa shape index (κ3) is 5.13. The van der Waals surface area contributed by atoms with E-state index in [1.54, 1.807) is 4.90 Å². The van der Waals surface area contributed by atoms with Gasteiger partial charge in [-0.3, -0.25) is 0 Å². The van der Waals surface area contributed by atoms with Crippen molar-refractivity contribution in [1.82, 2.24) is 9.88 Å². The van der Waals surface area contributed by atoms with Crippen LogP contribution in [-0.2, 0) is 6.18 Å². The lowest BCUT2D eigenvalue weighted by molar-refractivity contribution is -0.137. The molecule has 1 aliphatic rings. The molecule has 1 aromatic carbocycles. The molecule has 11 heteroatoms. The van der Waals surface area contributed by atoms with Gasteiger partial charge in [0.25, 0.3) is 0 Å². The summed E-state index contributed by atoms with van der Waals surface area (Å²) in [7, 11) is 0. The monoisotopic (exact) mass is 444 g/mol. The van der Waals surface area contributed by atoms with Gasteiger partial charge in [0.15, 0.2) is 0 Å². The van der Waals surface area contributed by atoms with Crippen molar-refractivity contribution in [2.45, 2.75) is 12.3 Å². The molecule has 1 atom stereocenters. The van der Waals surface area contributed by atoms with Crippen molar-refractivity contribution in [3.8, 4) is 0 Å². The van der Waals surface area contributed by atoms with Gasteiger partial charge in [0, 0.05) is 43.6 Å². The molecular formula is C19H20ClF3N4O3. The molecule has 1 fully saturated rings. The molecule has 0 bridgehead atoms. The lowest BCUT2D eigenvalue weighted by atomic mass is 10.1. The fourth-order valence-electron chi connectivity index (χ4n) is 3.03. The summed E-state index contributed by atoms with van der Waals surface area (Å²) in [6, 6.07) is 5.38. The van der Waals surface area contributed by atoms with Crippen molar-refractivity contribution < 1.29 is 28.2 Å². The summed E-state index contributed by atoms with van der Waals surface area (Å²) in [5, 5.41) is 21.6. The summed E-state index contributed by atoms with van der Waals surface area (Å²) < 4.78 is 37.9. The first-order valence-electron chi connectivity index (χ1n) is 9.11. The topological polar surface area (TPSA) is 88.9 Å². The van der Waals surface area contributed by atoms with Crippen LogP contribution >= 0.6 is 11.6 Å². The lowest BCUT2D eigenvalue weighted by Crippen LogP contribution is -2.50. The summed E-state index contributed by atoms with van der Waals surface area (Å²) in [6.45, 7) is 1.20. The second-order valence-electron chi connectivity index (χ2n) is 6.75.